The standard InChI is InChI=1S/C40H35BN4O2/c1-24-11-9-12-25(2)36(24)41-45(35-15-7-8-20-42-35)32-22-27(17-19-33(32)47-41)46-26-16-18-28-29-13-10-14-31-37(29)44-34(40(5,6)39(31,3)4)23-43-38(44)30(28)21-26/h7-23H,1-6H3. The van der Waals surface area contributed by atoms with Gasteiger partial charge in [0.2, 0.25) is 0 Å². The van der Waals surface area contributed by atoms with Gasteiger partial charge in [0, 0.05) is 45.8 Å². The number of imidazole rings is 1. The summed E-state index contributed by atoms with van der Waals surface area (Å²) in [6.07, 6.45) is 3.89. The first-order valence-corrected chi connectivity index (χ1v) is 16.3. The van der Waals surface area contributed by atoms with E-state index in [4.69, 9.17) is 19.4 Å². The molecule has 47 heavy (non-hydrogen) atoms. The lowest BCUT2D eigenvalue weighted by molar-refractivity contribution is 0.288. The van der Waals surface area contributed by atoms with Crippen LogP contribution in [0, 0.1) is 13.8 Å². The van der Waals surface area contributed by atoms with Crippen molar-refractivity contribution in [1.82, 2.24) is 14.4 Å². The molecule has 0 fully saturated rings. The number of benzene rings is 4. The lowest BCUT2D eigenvalue weighted by atomic mass is 9.61. The van der Waals surface area contributed by atoms with Crippen molar-refractivity contribution >= 4 is 51.3 Å². The highest BCUT2D eigenvalue weighted by molar-refractivity contribution is 6.75. The van der Waals surface area contributed by atoms with Gasteiger partial charge < -0.3 is 14.2 Å². The molecule has 9 rings (SSSR count). The largest absolute Gasteiger partial charge is 0.536 e. The van der Waals surface area contributed by atoms with Gasteiger partial charge in [-0.3, -0.25) is 4.40 Å². The number of anilines is 2. The highest BCUT2D eigenvalue weighted by Gasteiger charge is 2.46. The Morgan fingerprint density at radius 1 is 0.723 bits per heavy atom. The second-order valence-electron chi connectivity index (χ2n) is 14.0. The van der Waals surface area contributed by atoms with Crippen LogP contribution in [0.4, 0.5) is 11.5 Å². The Morgan fingerprint density at radius 2 is 1.49 bits per heavy atom. The molecule has 0 saturated heterocycles. The van der Waals surface area contributed by atoms with Crippen LogP contribution in [0.15, 0.2) is 103 Å². The average Bonchev–Trinajstić information content (AvgIpc) is 3.67. The third-order valence-corrected chi connectivity index (χ3v) is 11.0. The molecular weight excluding hydrogens is 579 g/mol. The fourth-order valence-corrected chi connectivity index (χ4v) is 7.81. The highest BCUT2D eigenvalue weighted by atomic mass is 16.5. The summed E-state index contributed by atoms with van der Waals surface area (Å²) in [5.41, 5.74) is 9.07. The minimum Gasteiger partial charge on any atom is -0.536 e. The molecule has 0 N–H and O–H groups in total. The van der Waals surface area contributed by atoms with E-state index in [1.54, 1.807) is 0 Å². The van der Waals surface area contributed by atoms with Gasteiger partial charge in [0.25, 0.3) is 0 Å². The maximum absolute atomic E-state index is 6.64. The zero-order chi connectivity index (χ0) is 32.2. The predicted molar refractivity (Wildman–Crippen MR) is 191 cm³/mol. The van der Waals surface area contributed by atoms with Crippen LogP contribution in [0.5, 0.6) is 17.2 Å². The van der Waals surface area contributed by atoms with Gasteiger partial charge >= 0.3 is 7.05 Å². The summed E-state index contributed by atoms with van der Waals surface area (Å²) in [5, 5.41) is 3.48. The first-order valence-electron chi connectivity index (χ1n) is 16.3. The smallest absolute Gasteiger partial charge is 0.526 e. The minimum absolute atomic E-state index is 0.0520. The molecule has 7 heteroatoms. The number of ether oxygens (including phenoxy) is 1. The highest BCUT2D eigenvalue weighted by Crippen LogP contribution is 2.51. The number of hydrogen-bond acceptors (Lipinski definition) is 5. The molecule has 0 atom stereocenters. The number of aromatic nitrogens is 3. The summed E-state index contributed by atoms with van der Waals surface area (Å²) in [6.45, 7) is 13.6. The first kappa shape index (κ1) is 28.0. The second kappa shape index (κ2) is 9.61. The van der Waals surface area contributed by atoms with Gasteiger partial charge in [0.05, 0.1) is 11.2 Å². The summed E-state index contributed by atoms with van der Waals surface area (Å²) >= 11 is 0. The van der Waals surface area contributed by atoms with Crippen molar-refractivity contribution in [1.29, 1.82) is 0 Å². The van der Waals surface area contributed by atoms with Crippen LogP contribution in [0.25, 0.3) is 27.3 Å². The Kier molecular flexibility index (Phi) is 5.72. The van der Waals surface area contributed by atoms with E-state index in [0.717, 1.165) is 45.2 Å². The van der Waals surface area contributed by atoms with Crippen LogP contribution in [-0.4, -0.2) is 21.4 Å². The van der Waals surface area contributed by atoms with Crippen LogP contribution in [0.2, 0.25) is 0 Å². The van der Waals surface area contributed by atoms with E-state index < -0.39 is 0 Å². The number of rotatable bonds is 4. The van der Waals surface area contributed by atoms with E-state index in [-0.39, 0.29) is 17.9 Å². The molecule has 2 aliphatic rings. The molecule has 7 aromatic rings. The van der Waals surface area contributed by atoms with Crippen LogP contribution >= 0.6 is 0 Å². The number of para-hydroxylation sites is 1. The summed E-state index contributed by atoms with van der Waals surface area (Å²) in [6, 6.07) is 31.4. The lowest BCUT2D eigenvalue weighted by Gasteiger charge is -2.45. The number of aryl methyl sites for hydroxylation is 2. The summed E-state index contributed by atoms with van der Waals surface area (Å²) in [5.74, 6) is 3.09. The predicted octanol–water partition coefficient (Wildman–Crippen LogP) is 8.94. The molecule has 0 saturated carbocycles. The van der Waals surface area contributed by atoms with Gasteiger partial charge in [-0.05, 0) is 72.7 Å². The lowest BCUT2D eigenvalue weighted by Crippen LogP contribution is -2.49. The Labute approximate surface area is 274 Å². The molecule has 0 radical (unpaired) electrons. The Balaban J connectivity index is 1.16. The maximum atomic E-state index is 6.64. The van der Waals surface area contributed by atoms with Crippen molar-refractivity contribution in [2.75, 3.05) is 4.81 Å². The van der Waals surface area contributed by atoms with Crippen molar-refractivity contribution in [3.05, 3.63) is 126 Å². The fraction of sp³-hybridized carbons (Fsp3) is 0.200. The molecule has 6 nitrogen and oxygen atoms in total. The summed E-state index contributed by atoms with van der Waals surface area (Å²) in [7, 11) is -0.342. The topological polar surface area (TPSA) is 51.9 Å². The van der Waals surface area contributed by atoms with Crippen molar-refractivity contribution in [3.8, 4) is 17.2 Å². The van der Waals surface area contributed by atoms with E-state index in [2.05, 4.69) is 118 Å². The number of pyridine rings is 2. The van der Waals surface area contributed by atoms with Crippen LogP contribution in [-0.2, 0) is 10.8 Å². The van der Waals surface area contributed by atoms with Gasteiger partial charge in [-0.25, -0.2) is 9.97 Å². The minimum atomic E-state index is -0.342. The van der Waals surface area contributed by atoms with E-state index >= 15 is 0 Å². The normalized spacial score (nSPS) is 15.9. The van der Waals surface area contributed by atoms with Crippen LogP contribution in [0.3, 0.4) is 0 Å². The molecule has 3 aromatic heterocycles. The summed E-state index contributed by atoms with van der Waals surface area (Å²) in [4.78, 5) is 11.9. The van der Waals surface area contributed by atoms with E-state index in [0.29, 0.717) is 0 Å². The molecule has 2 aliphatic heterocycles. The van der Waals surface area contributed by atoms with E-state index in [1.165, 1.54) is 38.7 Å². The molecule has 4 aromatic carbocycles. The first-order chi connectivity index (χ1) is 22.6. The van der Waals surface area contributed by atoms with Gasteiger partial charge in [0.15, 0.2) is 0 Å². The Hall–Kier alpha value is -5.30. The van der Waals surface area contributed by atoms with Crippen molar-refractivity contribution < 1.29 is 9.39 Å². The third-order valence-electron chi connectivity index (χ3n) is 11.0. The second-order valence-corrected chi connectivity index (χ2v) is 14.0. The van der Waals surface area contributed by atoms with Crippen LogP contribution < -0.4 is 19.7 Å². The Bertz CT molecular complexity index is 2390. The SMILES string of the molecule is Cc1cccc(C)c1B1Oc2ccc(Oc3ccc4c(c3)c3ncc5n3c3c(cccc43)C(C)(C)C5(C)C)cc2N1c1ccccn1. The number of nitrogens with zero attached hydrogens (tertiary/aromatic N) is 4. The number of fused-ring (bicyclic) bond motifs is 4. The average molecular weight is 615 g/mol. The molecule has 0 unspecified atom stereocenters. The molecule has 0 amide bonds. The Morgan fingerprint density at radius 3 is 2.28 bits per heavy atom. The van der Waals surface area contributed by atoms with Gasteiger partial charge in [-0.2, -0.15) is 0 Å². The zero-order valence-corrected chi connectivity index (χ0v) is 27.5. The molecule has 5 heterocycles. The zero-order valence-electron chi connectivity index (χ0n) is 27.5. The van der Waals surface area contributed by atoms with Crippen molar-refractivity contribution in [2.24, 2.45) is 0 Å². The molecular formula is C40H35BN4O2. The van der Waals surface area contributed by atoms with Gasteiger partial charge in [-0.1, -0.05) is 81.3 Å². The molecule has 0 bridgehead atoms. The molecule has 230 valence electrons. The van der Waals surface area contributed by atoms with Gasteiger partial charge in [-0.15, -0.1) is 0 Å². The van der Waals surface area contributed by atoms with Gasteiger partial charge in [0.1, 0.15) is 28.7 Å². The van der Waals surface area contributed by atoms with E-state index in [9.17, 15) is 0 Å². The van der Waals surface area contributed by atoms with Crippen molar-refractivity contribution in [2.45, 2.75) is 52.4 Å². The molecule has 0 spiro atoms. The number of hydrogen-bond donors (Lipinski definition) is 0. The monoisotopic (exact) mass is 614 g/mol. The quantitative estimate of drug-likeness (QED) is 0.146. The van der Waals surface area contributed by atoms with Crippen molar-refractivity contribution in [3.63, 3.8) is 0 Å². The fourth-order valence-electron chi connectivity index (χ4n) is 7.81. The van der Waals surface area contributed by atoms with Crippen LogP contribution in [0.1, 0.15) is 50.1 Å². The summed E-state index contributed by atoms with van der Waals surface area (Å²) < 4.78 is 15.6. The maximum Gasteiger partial charge on any atom is 0.526 e. The van der Waals surface area contributed by atoms with E-state index in [1.807, 2.05) is 36.5 Å². The third kappa shape index (κ3) is 3.80. The molecule has 0 aliphatic carbocycles.